The van der Waals surface area contributed by atoms with E-state index in [0.717, 1.165) is 24.3 Å². The zero-order valence-electron chi connectivity index (χ0n) is 15.3. The zero-order chi connectivity index (χ0) is 18.8. The van der Waals surface area contributed by atoms with Crippen molar-refractivity contribution in [2.45, 2.75) is 32.0 Å². The number of thiophene rings is 1. The summed E-state index contributed by atoms with van der Waals surface area (Å²) in [6, 6.07) is 12.1. The smallest absolute Gasteiger partial charge is 0.276 e. The average Bonchev–Trinajstić information content (AvgIpc) is 3.27. The highest BCUT2D eigenvalue weighted by atomic mass is 32.1. The fourth-order valence-corrected chi connectivity index (χ4v) is 4.62. The van der Waals surface area contributed by atoms with Crippen molar-refractivity contribution in [3.8, 4) is 0 Å². The molecule has 4 rings (SSSR count). The van der Waals surface area contributed by atoms with Gasteiger partial charge in [-0.1, -0.05) is 23.4 Å². The van der Waals surface area contributed by atoms with E-state index in [9.17, 15) is 9.90 Å². The van der Waals surface area contributed by atoms with Crippen LogP contribution in [0.25, 0.3) is 10.1 Å². The van der Waals surface area contributed by atoms with E-state index in [1.54, 1.807) is 29.4 Å². The maximum Gasteiger partial charge on any atom is 0.276 e. The number of fused-ring (bicyclic) bond motifs is 1. The van der Waals surface area contributed by atoms with Crippen molar-refractivity contribution in [2.24, 2.45) is 0 Å². The number of piperidine rings is 1. The summed E-state index contributed by atoms with van der Waals surface area (Å²) < 4.78 is 6.58. The number of aliphatic hydroxyl groups excluding tert-OH is 1. The molecule has 3 heterocycles. The molecule has 0 saturated carbocycles. The molecule has 0 spiro atoms. The molecule has 1 unspecified atom stereocenters. The molecule has 3 aromatic rings. The van der Waals surface area contributed by atoms with Crippen LogP contribution in [-0.4, -0.2) is 52.2 Å². The number of nitrogens with zero attached hydrogens (tertiary/aromatic N) is 3. The number of carbonyl (C=O) groups is 1. The van der Waals surface area contributed by atoms with Crippen LogP contribution in [0.15, 0.2) is 40.9 Å². The van der Waals surface area contributed by atoms with Gasteiger partial charge in [-0.2, -0.15) is 0 Å². The summed E-state index contributed by atoms with van der Waals surface area (Å²) in [5, 5.41) is 14.9. The minimum absolute atomic E-state index is 0.152. The Hall–Kier alpha value is -2.22. The summed E-state index contributed by atoms with van der Waals surface area (Å²) in [6.45, 7) is 2.67. The number of rotatable bonds is 5. The lowest BCUT2D eigenvalue weighted by molar-refractivity contribution is 0.0622. The molecule has 1 atom stereocenters. The van der Waals surface area contributed by atoms with Crippen molar-refractivity contribution in [1.82, 2.24) is 15.0 Å². The topological polar surface area (TPSA) is 69.8 Å². The molecule has 2 aromatic heterocycles. The van der Waals surface area contributed by atoms with Crippen LogP contribution in [-0.2, 0) is 13.1 Å². The lowest BCUT2D eigenvalue weighted by atomic mass is 10.1. The highest BCUT2D eigenvalue weighted by Crippen LogP contribution is 2.26. The van der Waals surface area contributed by atoms with Gasteiger partial charge in [-0.15, -0.1) is 11.3 Å². The quantitative estimate of drug-likeness (QED) is 0.731. The molecule has 7 heteroatoms. The number of amides is 1. The van der Waals surface area contributed by atoms with Gasteiger partial charge in [0, 0.05) is 29.2 Å². The van der Waals surface area contributed by atoms with Crippen molar-refractivity contribution in [3.05, 3.63) is 52.7 Å². The molecule has 1 fully saturated rings. The molecular weight excluding hydrogens is 362 g/mol. The molecule has 0 radical (unpaired) electrons. The van der Waals surface area contributed by atoms with E-state index in [-0.39, 0.29) is 12.0 Å². The first-order valence-corrected chi connectivity index (χ1v) is 9.99. The van der Waals surface area contributed by atoms with Crippen molar-refractivity contribution < 1.29 is 14.4 Å². The third-order valence-electron chi connectivity index (χ3n) is 4.85. The molecular formula is C20H23N3O3S. The van der Waals surface area contributed by atoms with Crippen molar-refractivity contribution in [1.29, 1.82) is 0 Å². The van der Waals surface area contributed by atoms with Gasteiger partial charge in [-0.05, 0) is 36.9 Å². The van der Waals surface area contributed by atoms with Gasteiger partial charge >= 0.3 is 0 Å². The number of aliphatic hydroxyl groups is 1. The predicted octanol–water partition coefficient (Wildman–Crippen LogP) is 3.12. The normalized spacial score (nSPS) is 18.1. The number of carbonyl (C=O) groups excluding carboxylic acids is 1. The number of benzene rings is 1. The number of aromatic nitrogens is 1. The Balaban J connectivity index is 1.39. The number of hydrogen-bond acceptors (Lipinski definition) is 6. The summed E-state index contributed by atoms with van der Waals surface area (Å²) in [5.74, 6) is 0.504. The highest BCUT2D eigenvalue weighted by Gasteiger charge is 2.22. The van der Waals surface area contributed by atoms with Crippen LogP contribution in [0, 0.1) is 0 Å². The maximum atomic E-state index is 12.7. The first-order chi connectivity index (χ1) is 13.1. The molecule has 1 amide bonds. The Morgan fingerprint density at radius 1 is 1.41 bits per heavy atom. The molecule has 142 valence electrons. The number of likely N-dealkylation sites (tertiary alicyclic amines) is 1. The number of β-amino-alcohol motifs (C(OH)–C–C–N with tert-alkyl or cyclic N) is 1. The maximum absolute atomic E-state index is 12.7. The Labute approximate surface area is 162 Å². The van der Waals surface area contributed by atoms with E-state index < -0.39 is 0 Å². The minimum Gasteiger partial charge on any atom is -0.392 e. The predicted molar refractivity (Wildman–Crippen MR) is 105 cm³/mol. The lowest BCUT2D eigenvalue weighted by Gasteiger charge is -2.28. The molecule has 0 aliphatic carbocycles. The van der Waals surface area contributed by atoms with E-state index in [4.69, 9.17) is 4.52 Å². The average molecular weight is 385 g/mol. The Morgan fingerprint density at radius 2 is 2.26 bits per heavy atom. The molecule has 1 saturated heterocycles. The van der Waals surface area contributed by atoms with Crippen LogP contribution in [0.4, 0.5) is 0 Å². The lowest BCUT2D eigenvalue weighted by Crippen LogP contribution is -2.37. The van der Waals surface area contributed by atoms with Crippen LogP contribution >= 0.6 is 11.3 Å². The highest BCUT2D eigenvalue weighted by molar-refractivity contribution is 7.19. The largest absolute Gasteiger partial charge is 0.392 e. The van der Waals surface area contributed by atoms with E-state index in [2.05, 4.69) is 28.3 Å². The first kappa shape index (κ1) is 18.2. The van der Waals surface area contributed by atoms with E-state index in [1.165, 1.54) is 10.1 Å². The second kappa shape index (κ2) is 7.80. The second-order valence-corrected chi connectivity index (χ2v) is 8.29. The van der Waals surface area contributed by atoms with E-state index in [0.29, 0.717) is 31.1 Å². The summed E-state index contributed by atoms with van der Waals surface area (Å²) in [7, 11) is 1.78. The fraction of sp³-hybridized carbons (Fsp3) is 0.400. The molecule has 1 aromatic carbocycles. The molecule has 1 aliphatic rings. The first-order valence-electron chi connectivity index (χ1n) is 9.17. The molecule has 27 heavy (non-hydrogen) atoms. The van der Waals surface area contributed by atoms with Crippen molar-refractivity contribution in [3.63, 3.8) is 0 Å². The number of hydrogen-bond donors (Lipinski definition) is 1. The van der Waals surface area contributed by atoms with Gasteiger partial charge in [-0.3, -0.25) is 9.69 Å². The molecule has 1 N–H and O–H groups in total. The van der Waals surface area contributed by atoms with Gasteiger partial charge in [0.2, 0.25) is 0 Å². The fourth-order valence-electron chi connectivity index (χ4n) is 3.50. The third kappa shape index (κ3) is 4.21. The SMILES string of the molecule is CN(Cc1cc2ccccc2s1)C(=O)c1cc(CN2CCCC(O)C2)on1. The summed E-state index contributed by atoms with van der Waals surface area (Å²) in [5.41, 5.74) is 0.325. The van der Waals surface area contributed by atoms with Crippen molar-refractivity contribution in [2.75, 3.05) is 20.1 Å². The van der Waals surface area contributed by atoms with Gasteiger partial charge < -0.3 is 14.5 Å². The van der Waals surface area contributed by atoms with Crippen molar-refractivity contribution >= 4 is 27.3 Å². The summed E-state index contributed by atoms with van der Waals surface area (Å²) >= 11 is 1.70. The summed E-state index contributed by atoms with van der Waals surface area (Å²) in [4.78, 5) is 17.6. The second-order valence-electron chi connectivity index (χ2n) is 7.12. The standard InChI is InChI=1S/C20H23N3O3S/c1-22(13-17-9-14-5-2-3-7-19(14)27-17)20(25)18-10-16(26-21-18)12-23-8-4-6-15(24)11-23/h2-3,5,7,9-10,15,24H,4,6,8,11-13H2,1H3. The van der Waals surface area contributed by atoms with Gasteiger partial charge in [-0.25, -0.2) is 0 Å². The van der Waals surface area contributed by atoms with Gasteiger partial charge in [0.05, 0.1) is 19.2 Å². The Bertz CT molecular complexity index is 902. The van der Waals surface area contributed by atoms with Crippen LogP contribution in [0.5, 0.6) is 0 Å². The Kier molecular flexibility index (Phi) is 5.24. The zero-order valence-corrected chi connectivity index (χ0v) is 16.1. The van der Waals surface area contributed by atoms with Gasteiger partial charge in [0.25, 0.3) is 5.91 Å². The van der Waals surface area contributed by atoms with Crippen LogP contribution < -0.4 is 0 Å². The molecule has 0 bridgehead atoms. The van der Waals surface area contributed by atoms with E-state index >= 15 is 0 Å². The summed E-state index contributed by atoms with van der Waals surface area (Å²) in [6.07, 6.45) is 1.54. The van der Waals surface area contributed by atoms with E-state index in [1.807, 2.05) is 12.1 Å². The monoisotopic (exact) mass is 385 g/mol. The minimum atomic E-state index is -0.282. The molecule has 1 aliphatic heterocycles. The van der Waals surface area contributed by atoms with Gasteiger partial charge in [0.1, 0.15) is 0 Å². The van der Waals surface area contributed by atoms with Gasteiger partial charge in [0.15, 0.2) is 11.5 Å². The van der Waals surface area contributed by atoms with Crippen LogP contribution in [0.1, 0.15) is 34.0 Å². The molecule has 6 nitrogen and oxygen atoms in total. The van der Waals surface area contributed by atoms with Crippen LogP contribution in [0.3, 0.4) is 0 Å². The third-order valence-corrected chi connectivity index (χ3v) is 5.96. The van der Waals surface area contributed by atoms with Crippen LogP contribution in [0.2, 0.25) is 0 Å². The Morgan fingerprint density at radius 3 is 3.07 bits per heavy atom.